The van der Waals surface area contributed by atoms with Crippen molar-refractivity contribution in [1.82, 2.24) is 20.0 Å². The number of carbonyl (C=O) groups is 1. The second-order valence-electron chi connectivity index (χ2n) is 5.89. The van der Waals surface area contributed by atoms with Crippen LogP contribution >= 0.6 is 11.3 Å². The van der Waals surface area contributed by atoms with Crippen LogP contribution in [0.4, 0.5) is 5.13 Å². The monoisotopic (exact) mass is 395 g/mol. The average Bonchev–Trinajstić information content (AvgIpc) is 3.35. The van der Waals surface area contributed by atoms with E-state index in [-0.39, 0.29) is 12.5 Å². The first-order valence-electron chi connectivity index (χ1n) is 8.44. The lowest BCUT2D eigenvalue weighted by Crippen LogP contribution is -2.19. The summed E-state index contributed by atoms with van der Waals surface area (Å²) < 4.78 is 12.2. The van der Waals surface area contributed by atoms with E-state index < -0.39 is 0 Å². The number of anilines is 1. The molecule has 1 N–H and O–H groups in total. The number of para-hydroxylation sites is 1. The third-order valence-corrected chi connectivity index (χ3v) is 4.90. The lowest BCUT2D eigenvalue weighted by molar-refractivity contribution is -0.116. The van der Waals surface area contributed by atoms with Crippen LogP contribution in [-0.2, 0) is 11.3 Å². The smallest absolute Gasteiger partial charge is 0.247 e. The van der Waals surface area contributed by atoms with Crippen LogP contribution in [0.3, 0.4) is 0 Å². The molecule has 0 saturated carbocycles. The number of hydrogen-bond donors (Lipinski definition) is 1. The van der Waals surface area contributed by atoms with Crippen molar-refractivity contribution in [2.24, 2.45) is 0 Å². The van der Waals surface area contributed by atoms with Gasteiger partial charge in [0.2, 0.25) is 5.91 Å². The molecule has 2 aromatic heterocycles. The number of nitrogens with one attached hydrogen (secondary N) is 1. The van der Waals surface area contributed by atoms with E-state index in [0.717, 1.165) is 16.6 Å². The van der Waals surface area contributed by atoms with Gasteiger partial charge in [-0.05, 0) is 30.3 Å². The minimum atomic E-state index is -0.228. The van der Waals surface area contributed by atoms with Crippen molar-refractivity contribution >= 4 is 33.4 Å². The van der Waals surface area contributed by atoms with Gasteiger partial charge >= 0.3 is 0 Å². The summed E-state index contributed by atoms with van der Waals surface area (Å²) in [5, 5.41) is 13.2. The van der Waals surface area contributed by atoms with E-state index in [4.69, 9.17) is 9.47 Å². The van der Waals surface area contributed by atoms with E-state index in [1.54, 1.807) is 18.9 Å². The second-order valence-corrected chi connectivity index (χ2v) is 6.75. The molecule has 0 aliphatic heterocycles. The first kappa shape index (κ1) is 17.9. The fraction of sp³-hybridized carbons (Fsp3) is 0.158. The van der Waals surface area contributed by atoms with Crippen molar-refractivity contribution < 1.29 is 14.3 Å². The Balaban J connectivity index is 1.51. The number of ether oxygens (including phenoxy) is 2. The highest BCUT2D eigenvalue weighted by atomic mass is 32.1. The highest BCUT2D eigenvalue weighted by Crippen LogP contribution is 2.35. The van der Waals surface area contributed by atoms with Crippen molar-refractivity contribution in [2.45, 2.75) is 6.54 Å². The van der Waals surface area contributed by atoms with E-state index in [1.165, 1.54) is 11.3 Å². The van der Waals surface area contributed by atoms with Crippen LogP contribution in [0, 0.1) is 0 Å². The Morgan fingerprint density at radius 2 is 2.04 bits per heavy atom. The topological polar surface area (TPSA) is 91.2 Å². The Hall–Kier alpha value is -3.46. The van der Waals surface area contributed by atoms with Crippen molar-refractivity contribution in [1.29, 1.82) is 0 Å². The summed E-state index contributed by atoms with van der Waals surface area (Å²) in [4.78, 5) is 16.9. The summed E-state index contributed by atoms with van der Waals surface area (Å²) in [6.07, 6.45) is 0. The molecule has 28 heavy (non-hydrogen) atoms. The Bertz CT molecular complexity index is 1140. The Morgan fingerprint density at radius 3 is 2.86 bits per heavy atom. The zero-order chi connectivity index (χ0) is 19.5. The van der Waals surface area contributed by atoms with Crippen LogP contribution in [0.1, 0.15) is 0 Å². The largest absolute Gasteiger partial charge is 0.497 e. The molecule has 0 bridgehead atoms. The zero-order valence-corrected chi connectivity index (χ0v) is 16.1. The van der Waals surface area contributed by atoms with E-state index >= 15 is 0 Å². The van der Waals surface area contributed by atoms with Crippen LogP contribution in [0.25, 0.3) is 22.3 Å². The third-order valence-electron chi connectivity index (χ3n) is 4.15. The lowest BCUT2D eigenvalue weighted by atomic mass is 10.1. The fourth-order valence-corrected chi connectivity index (χ4v) is 3.52. The van der Waals surface area contributed by atoms with Crippen molar-refractivity contribution in [2.75, 3.05) is 19.5 Å². The number of amides is 1. The number of hydrogen-bond acceptors (Lipinski definition) is 7. The number of nitrogens with zero attached hydrogens (tertiary/aromatic N) is 4. The summed E-state index contributed by atoms with van der Waals surface area (Å²) in [5.74, 6) is 1.15. The third kappa shape index (κ3) is 3.52. The molecular formula is C19H17N5O3S. The molecule has 1 amide bonds. The molecule has 9 heteroatoms. The molecule has 0 fully saturated rings. The van der Waals surface area contributed by atoms with Gasteiger partial charge in [0.15, 0.2) is 5.13 Å². The minimum Gasteiger partial charge on any atom is -0.497 e. The van der Waals surface area contributed by atoms with Gasteiger partial charge in [-0.2, -0.15) is 0 Å². The predicted octanol–water partition coefficient (Wildman–Crippen LogP) is 3.21. The molecule has 0 saturated heterocycles. The van der Waals surface area contributed by atoms with E-state index in [0.29, 0.717) is 22.3 Å². The van der Waals surface area contributed by atoms with Gasteiger partial charge in [0.1, 0.15) is 23.6 Å². The highest BCUT2D eigenvalue weighted by Gasteiger charge is 2.14. The Morgan fingerprint density at radius 1 is 1.18 bits per heavy atom. The summed E-state index contributed by atoms with van der Waals surface area (Å²) in [6, 6.07) is 13.0. The fourth-order valence-electron chi connectivity index (χ4n) is 2.80. The zero-order valence-electron chi connectivity index (χ0n) is 15.2. The Kier molecular flexibility index (Phi) is 4.90. The summed E-state index contributed by atoms with van der Waals surface area (Å²) in [5.41, 5.74) is 3.04. The number of carbonyl (C=O) groups excluding carboxylic acids is 1. The normalized spacial score (nSPS) is 10.8. The predicted molar refractivity (Wildman–Crippen MR) is 107 cm³/mol. The number of methoxy groups -OCH3 is 2. The maximum absolute atomic E-state index is 12.4. The molecular weight excluding hydrogens is 378 g/mol. The van der Waals surface area contributed by atoms with Gasteiger partial charge < -0.3 is 14.8 Å². The molecule has 8 nitrogen and oxygen atoms in total. The van der Waals surface area contributed by atoms with Gasteiger partial charge in [-0.15, -0.1) is 16.4 Å². The molecule has 2 heterocycles. The molecule has 0 atom stereocenters. The average molecular weight is 395 g/mol. The quantitative estimate of drug-likeness (QED) is 0.539. The first-order valence-corrected chi connectivity index (χ1v) is 9.32. The molecule has 0 unspecified atom stereocenters. The number of fused-ring (bicyclic) bond motifs is 1. The van der Waals surface area contributed by atoms with Gasteiger partial charge in [-0.25, -0.2) is 9.67 Å². The first-order chi connectivity index (χ1) is 13.7. The summed E-state index contributed by atoms with van der Waals surface area (Å²) in [6.45, 7) is 0.0535. The molecule has 4 rings (SSSR count). The van der Waals surface area contributed by atoms with Crippen molar-refractivity contribution in [3.63, 3.8) is 0 Å². The van der Waals surface area contributed by atoms with Gasteiger partial charge in [0, 0.05) is 10.9 Å². The maximum Gasteiger partial charge on any atom is 0.247 e. The number of aromatic nitrogens is 4. The second kappa shape index (κ2) is 7.65. The molecule has 4 aromatic rings. The molecule has 0 radical (unpaired) electrons. The van der Waals surface area contributed by atoms with E-state index in [1.807, 2.05) is 47.8 Å². The maximum atomic E-state index is 12.4. The van der Waals surface area contributed by atoms with Gasteiger partial charge in [0.25, 0.3) is 0 Å². The van der Waals surface area contributed by atoms with Crippen molar-refractivity contribution in [3.05, 3.63) is 47.8 Å². The van der Waals surface area contributed by atoms with Crippen LogP contribution in [0.15, 0.2) is 47.8 Å². The van der Waals surface area contributed by atoms with E-state index in [2.05, 4.69) is 20.6 Å². The number of thiazole rings is 1. The van der Waals surface area contributed by atoms with E-state index in [9.17, 15) is 4.79 Å². The van der Waals surface area contributed by atoms with Gasteiger partial charge in [0.05, 0.1) is 25.4 Å². The molecule has 2 aromatic carbocycles. The van der Waals surface area contributed by atoms with Crippen LogP contribution in [0.5, 0.6) is 11.5 Å². The van der Waals surface area contributed by atoms with Crippen LogP contribution < -0.4 is 14.8 Å². The Labute approximate surface area is 164 Å². The van der Waals surface area contributed by atoms with Gasteiger partial charge in [-0.1, -0.05) is 17.3 Å². The van der Waals surface area contributed by atoms with Crippen LogP contribution in [0.2, 0.25) is 0 Å². The molecule has 0 spiro atoms. The highest BCUT2D eigenvalue weighted by molar-refractivity contribution is 7.14. The lowest BCUT2D eigenvalue weighted by Gasteiger charge is -2.08. The summed E-state index contributed by atoms with van der Waals surface area (Å²) >= 11 is 1.34. The summed E-state index contributed by atoms with van der Waals surface area (Å²) in [7, 11) is 3.20. The molecule has 0 aliphatic carbocycles. The minimum absolute atomic E-state index is 0.0535. The molecule has 142 valence electrons. The van der Waals surface area contributed by atoms with Gasteiger partial charge in [-0.3, -0.25) is 4.79 Å². The molecule has 0 aliphatic rings. The SMILES string of the molecule is COc1ccc(OC)c(-c2csc(NC(=O)Cn3nnc4ccccc43)n2)c1. The number of rotatable bonds is 6. The number of benzene rings is 2. The van der Waals surface area contributed by atoms with Crippen LogP contribution in [-0.4, -0.2) is 40.1 Å². The van der Waals surface area contributed by atoms with Crippen molar-refractivity contribution in [3.8, 4) is 22.8 Å². The standard InChI is InChI=1S/C19H17N5O3S/c1-26-12-7-8-17(27-2)13(9-12)15-11-28-19(20-15)21-18(25)10-24-16-6-4-3-5-14(16)22-23-24/h3-9,11H,10H2,1-2H3,(H,20,21,25).